The van der Waals surface area contributed by atoms with Gasteiger partial charge in [0.25, 0.3) is 0 Å². The summed E-state index contributed by atoms with van der Waals surface area (Å²) in [6.45, 7) is 6.15. The van der Waals surface area contributed by atoms with Gasteiger partial charge < -0.3 is 4.90 Å². The highest BCUT2D eigenvalue weighted by Gasteiger charge is 2.24. The van der Waals surface area contributed by atoms with E-state index in [0.717, 1.165) is 55.6 Å². The van der Waals surface area contributed by atoms with Crippen LogP contribution >= 0.6 is 11.6 Å². The molecule has 2 rings (SSSR count). The van der Waals surface area contributed by atoms with E-state index in [1.54, 1.807) is 0 Å². The van der Waals surface area contributed by atoms with E-state index in [9.17, 15) is 0 Å². The summed E-state index contributed by atoms with van der Waals surface area (Å²) < 4.78 is 0. The molecule has 1 aliphatic heterocycles. The van der Waals surface area contributed by atoms with Gasteiger partial charge in [0.15, 0.2) is 0 Å². The SMILES string of the molecule is CCc1nnc(N2CCC(CCl)C2)nc1CC. The van der Waals surface area contributed by atoms with Crippen molar-refractivity contribution >= 4 is 17.5 Å². The molecule has 4 nitrogen and oxygen atoms in total. The normalized spacial score (nSPS) is 19.9. The molecule has 1 aromatic heterocycles. The Balaban J connectivity index is 2.16. The van der Waals surface area contributed by atoms with E-state index >= 15 is 0 Å². The number of hydrogen-bond donors (Lipinski definition) is 0. The molecule has 0 amide bonds. The summed E-state index contributed by atoms with van der Waals surface area (Å²) in [7, 11) is 0. The number of alkyl halides is 1. The van der Waals surface area contributed by atoms with Gasteiger partial charge in [0.05, 0.1) is 11.4 Å². The molecule has 1 aliphatic rings. The second-order valence-electron chi connectivity index (χ2n) is 4.47. The van der Waals surface area contributed by atoms with Crippen LogP contribution in [0.15, 0.2) is 0 Å². The summed E-state index contributed by atoms with van der Waals surface area (Å²) in [6, 6.07) is 0. The third kappa shape index (κ3) is 2.68. The first kappa shape index (κ1) is 12.6. The van der Waals surface area contributed by atoms with Gasteiger partial charge in [0, 0.05) is 19.0 Å². The fraction of sp³-hybridized carbons (Fsp3) is 0.750. The maximum atomic E-state index is 5.88. The Hall–Kier alpha value is -0.900. The standard InChI is InChI=1S/C12H19ClN4/c1-3-10-11(4-2)15-16-12(14-10)17-6-5-9(7-13)8-17/h9H,3-8H2,1-2H3. The Bertz CT molecular complexity index is 383. The van der Waals surface area contributed by atoms with Gasteiger partial charge in [-0.05, 0) is 25.2 Å². The van der Waals surface area contributed by atoms with Gasteiger partial charge in [0.1, 0.15) is 0 Å². The Labute approximate surface area is 107 Å². The van der Waals surface area contributed by atoms with Crippen LogP contribution in [0, 0.1) is 5.92 Å². The highest BCUT2D eigenvalue weighted by molar-refractivity contribution is 6.18. The Kier molecular flexibility index (Phi) is 4.15. The van der Waals surface area contributed by atoms with Gasteiger partial charge in [0.2, 0.25) is 5.95 Å². The van der Waals surface area contributed by atoms with E-state index in [2.05, 4.69) is 33.9 Å². The van der Waals surface area contributed by atoms with Crippen LogP contribution in [0.4, 0.5) is 5.95 Å². The summed E-state index contributed by atoms with van der Waals surface area (Å²) in [5.74, 6) is 2.06. The molecule has 1 aromatic rings. The average molecular weight is 255 g/mol. The molecule has 94 valence electrons. The first-order valence-corrected chi connectivity index (χ1v) is 6.85. The van der Waals surface area contributed by atoms with Gasteiger partial charge in [-0.2, -0.15) is 5.10 Å². The molecule has 1 unspecified atom stereocenters. The molecule has 17 heavy (non-hydrogen) atoms. The monoisotopic (exact) mass is 254 g/mol. The first-order valence-electron chi connectivity index (χ1n) is 6.31. The second-order valence-corrected chi connectivity index (χ2v) is 4.78. The van der Waals surface area contributed by atoms with Gasteiger partial charge in [-0.3, -0.25) is 0 Å². The van der Waals surface area contributed by atoms with Crippen LogP contribution in [0.2, 0.25) is 0 Å². The summed E-state index contributed by atoms with van der Waals surface area (Å²) in [6.07, 6.45) is 2.94. The molecular weight excluding hydrogens is 236 g/mol. The maximum absolute atomic E-state index is 5.88. The maximum Gasteiger partial charge on any atom is 0.245 e. The largest absolute Gasteiger partial charge is 0.339 e. The molecule has 1 atom stereocenters. The average Bonchev–Trinajstić information content (AvgIpc) is 2.86. The van der Waals surface area contributed by atoms with Gasteiger partial charge in [-0.25, -0.2) is 4.98 Å². The smallest absolute Gasteiger partial charge is 0.245 e. The topological polar surface area (TPSA) is 41.9 Å². The van der Waals surface area contributed by atoms with Crippen LogP contribution in [-0.4, -0.2) is 34.2 Å². The van der Waals surface area contributed by atoms with E-state index in [0.29, 0.717) is 5.92 Å². The first-order chi connectivity index (χ1) is 8.28. The van der Waals surface area contributed by atoms with Gasteiger partial charge in [-0.1, -0.05) is 13.8 Å². The molecule has 1 saturated heterocycles. The number of anilines is 1. The molecule has 0 aliphatic carbocycles. The lowest BCUT2D eigenvalue weighted by atomic mass is 10.2. The van der Waals surface area contributed by atoms with Crippen molar-refractivity contribution in [2.75, 3.05) is 23.9 Å². The zero-order chi connectivity index (χ0) is 12.3. The van der Waals surface area contributed by atoms with Crippen LogP contribution < -0.4 is 4.90 Å². The van der Waals surface area contributed by atoms with Crippen molar-refractivity contribution in [2.24, 2.45) is 5.92 Å². The van der Waals surface area contributed by atoms with Crippen LogP contribution in [0.3, 0.4) is 0 Å². The summed E-state index contributed by atoms with van der Waals surface area (Å²) in [4.78, 5) is 6.82. The van der Waals surface area contributed by atoms with Crippen molar-refractivity contribution in [1.29, 1.82) is 0 Å². The lowest BCUT2D eigenvalue weighted by Crippen LogP contribution is -2.24. The quantitative estimate of drug-likeness (QED) is 0.772. The fourth-order valence-corrected chi connectivity index (χ4v) is 2.45. The van der Waals surface area contributed by atoms with E-state index in [1.807, 2.05) is 0 Å². The predicted octanol–water partition coefficient (Wildman–Crippen LogP) is 2.06. The minimum Gasteiger partial charge on any atom is -0.339 e. The predicted molar refractivity (Wildman–Crippen MR) is 69.6 cm³/mol. The molecular formula is C12H19ClN4. The van der Waals surface area contributed by atoms with E-state index in [4.69, 9.17) is 11.6 Å². The number of halogens is 1. The van der Waals surface area contributed by atoms with Crippen molar-refractivity contribution in [3.05, 3.63) is 11.4 Å². The molecule has 0 aromatic carbocycles. The van der Waals surface area contributed by atoms with Crippen LogP contribution in [0.5, 0.6) is 0 Å². The lowest BCUT2D eigenvalue weighted by Gasteiger charge is -2.16. The molecule has 0 bridgehead atoms. The Morgan fingerprint density at radius 3 is 2.59 bits per heavy atom. The zero-order valence-electron chi connectivity index (χ0n) is 10.5. The van der Waals surface area contributed by atoms with Crippen LogP contribution in [-0.2, 0) is 12.8 Å². The summed E-state index contributed by atoms with van der Waals surface area (Å²) in [5.41, 5.74) is 2.09. The number of rotatable bonds is 4. The number of nitrogens with zero attached hydrogens (tertiary/aromatic N) is 4. The highest BCUT2D eigenvalue weighted by atomic mass is 35.5. The van der Waals surface area contributed by atoms with E-state index in [-0.39, 0.29) is 0 Å². The molecule has 2 heterocycles. The van der Waals surface area contributed by atoms with Crippen molar-refractivity contribution in [3.8, 4) is 0 Å². The zero-order valence-corrected chi connectivity index (χ0v) is 11.2. The summed E-state index contributed by atoms with van der Waals surface area (Å²) in [5, 5.41) is 8.51. The highest BCUT2D eigenvalue weighted by Crippen LogP contribution is 2.21. The van der Waals surface area contributed by atoms with Gasteiger partial charge in [-0.15, -0.1) is 16.7 Å². The third-order valence-electron chi connectivity index (χ3n) is 3.28. The van der Waals surface area contributed by atoms with Crippen molar-refractivity contribution in [1.82, 2.24) is 15.2 Å². The third-order valence-corrected chi connectivity index (χ3v) is 3.72. The molecule has 0 spiro atoms. The minimum atomic E-state index is 0.566. The summed E-state index contributed by atoms with van der Waals surface area (Å²) >= 11 is 5.88. The molecule has 0 saturated carbocycles. The Morgan fingerprint density at radius 1 is 1.24 bits per heavy atom. The van der Waals surface area contributed by atoms with E-state index < -0.39 is 0 Å². The van der Waals surface area contributed by atoms with Gasteiger partial charge >= 0.3 is 0 Å². The number of aryl methyl sites for hydroxylation is 2. The number of hydrogen-bond acceptors (Lipinski definition) is 4. The van der Waals surface area contributed by atoms with Crippen LogP contribution in [0.25, 0.3) is 0 Å². The molecule has 0 N–H and O–H groups in total. The second kappa shape index (κ2) is 5.63. The fourth-order valence-electron chi connectivity index (χ4n) is 2.20. The Morgan fingerprint density at radius 2 is 2.00 bits per heavy atom. The minimum absolute atomic E-state index is 0.566. The van der Waals surface area contributed by atoms with Crippen molar-refractivity contribution in [3.63, 3.8) is 0 Å². The number of aromatic nitrogens is 3. The van der Waals surface area contributed by atoms with Crippen molar-refractivity contribution < 1.29 is 0 Å². The van der Waals surface area contributed by atoms with Crippen LogP contribution in [0.1, 0.15) is 31.7 Å². The van der Waals surface area contributed by atoms with Crippen molar-refractivity contribution in [2.45, 2.75) is 33.1 Å². The molecule has 0 radical (unpaired) electrons. The molecule has 1 fully saturated rings. The van der Waals surface area contributed by atoms with E-state index in [1.165, 1.54) is 0 Å². The lowest BCUT2D eigenvalue weighted by molar-refractivity contribution is 0.664. The molecule has 5 heteroatoms.